The lowest BCUT2D eigenvalue weighted by atomic mass is 9.82. The molecule has 1 aliphatic rings. The van der Waals surface area contributed by atoms with Crippen LogP contribution in [0, 0.1) is 0 Å². The van der Waals surface area contributed by atoms with E-state index < -0.39 is 0 Å². The van der Waals surface area contributed by atoms with E-state index in [0.717, 1.165) is 44.6 Å². The summed E-state index contributed by atoms with van der Waals surface area (Å²) < 4.78 is 7.09. The number of furan rings is 1. The Morgan fingerprint density at radius 1 is 0.361 bits per heavy atom. The van der Waals surface area contributed by atoms with E-state index in [1.165, 1.54) is 81.7 Å². The van der Waals surface area contributed by atoms with Crippen molar-refractivity contribution in [1.29, 1.82) is 0 Å². The van der Waals surface area contributed by atoms with Crippen molar-refractivity contribution in [3.63, 3.8) is 0 Å². The molecule has 1 heterocycles. The monoisotopic (exact) mass is 777 g/mol. The zero-order chi connectivity index (χ0) is 40.4. The van der Waals surface area contributed by atoms with Gasteiger partial charge in [-0.15, -0.1) is 0 Å². The summed E-state index contributed by atoms with van der Waals surface area (Å²) in [5, 5.41) is 14.4. The van der Waals surface area contributed by atoms with Crippen LogP contribution in [0.25, 0.3) is 98.1 Å². The highest BCUT2D eigenvalue weighted by Crippen LogP contribution is 2.52. The fraction of sp³-hybridized carbons (Fsp3) is 0.0508. The molecule has 286 valence electrons. The van der Waals surface area contributed by atoms with Gasteiger partial charge in [0.1, 0.15) is 11.2 Å². The molecule has 61 heavy (non-hydrogen) atoms. The van der Waals surface area contributed by atoms with Crippen LogP contribution >= 0.6 is 0 Å². The molecule has 0 amide bonds. The molecule has 0 atom stereocenters. The SMILES string of the molecule is CC1(C)c2ccccc2-c2ccc(N(c3ccc4oc5c(-c6cc7ccccc7c7ccccc67)c6ccccc6cc5c4c3)c3cc4ccccc4c4ccccc34)cc21. The minimum Gasteiger partial charge on any atom is -0.455 e. The average molecular weight is 778 g/mol. The summed E-state index contributed by atoms with van der Waals surface area (Å²) in [5.74, 6) is 0. The molecule has 0 saturated heterocycles. The van der Waals surface area contributed by atoms with Crippen molar-refractivity contribution >= 4 is 92.9 Å². The number of anilines is 3. The van der Waals surface area contributed by atoms with E-state index >= 15 is 0 Å². The van der Waals surface area contributed by atoms with Crippen molar-refractivity contribution in [2.75, 3.05) is 4.90 Å². The maximum absolute atomic E-state index is 7.09. The summed E-state index contributed by atoms with van der Waals surface area (Å²) in [6, 6.07) is 73.7. The molecule has 13 rings (SSSR count). The van der Waals surface area contributed by atoms with Crippen molar-refractivity contribution in [2.45, 2.75) is 19.3 Å². The second-order valence-corrected chi connectivity index (χ2v) is 17.2. The third kappa shape index (κ3) is 4.91. The maximum Gasteiger partial charge on any atom is 0.143 e. The Balaban J connectivity index is 1.10. The van der Waals surface area contributed by atoms with Gasteiger partial charge in [-0.3, -0.25) is 0 Å². The first-order chi connectivity index (χ1) is 30.0. The molecular weight excluding hydrogens is 739 g/mol. The number of hydrogen-bond acceptors (Lipinski definition) is 2. The highest BCUT2D eigenvalue weighted by atomic mass is 16.3. The Bertz CT molecular complexity index is 3810. The van der Waals surface area contributed by atoms with E-state index in [1.807, 2.05) is 0 Å². The van der Waals surface area contributed by atoms with Crippen molar-refractivity contribution in [3.05, 3.63) is 211 Å². The molecule has 0 unspecified atom stereocenters. The van der Waals surface area contributed by atoms with Crippen molar-refractivity contribution in [1.82, 2.24) is 0 Å². The van der Waals surface area contributed by atoms with Crippen LogP contribution in [0.15, 0.2) is 205 Å². The van der Waals surface area contributed by atoms with Crippen molar-refractivity contribution in [2.24, 2.45) is 0 Å². The largest absolute Gasteiger partial charge is 0.455 e. The molecule has 2 heteroatoms. The zero-order valence-electron chi connectivity index (χ0n) is 33.9. The lowest BCUT2D eigenvalue weighted by Gasteiger charge is -2.29. The molecule has 12 aromatic rings. The molecule has 1 aliphatic carbocycles. The normalized spacial score (nSPS) is 13.2. The van der Waals surface area contributed by atoms with Gasteiger partial charge in [0.15, 0.2) is 0 Å². The number of nitrogens with zero attached hydrogens (tertiary/aromatic N) is 1. The summed E-state index contributed by atoms with van der Waals surface area (Å²) in [4.78, 5) is 2.48. The lowest BCUT2D eigenvalue weighted by molar-refractivity contribution is 0.660. The second kappa shape index (κ2) is 12.7. The predicted molar refractivity (Wildman–Crippen MR) is 259 cm³/mol. The Hall–Kier alpha value is -7.68. The van der Waals surface area contributed by atoms with E-state index in [2.05, 4.69) is 219 Å². The molecule has 2 nitrogen and oxygen atoms in total. The molecule has 0 N–H and O–H groups in total. The Morgan fingerprint density at radius 3 is 1.66 bits per heavy atom. The molecular formula is C59H39NO. The predicted octanol–water partition coefficient (Wildman–Crippen LogP) is 16.8. The first kappa shape index (κ1) is 34.2. The zero-order valence-corrected chi connectivity index (χ0v) is 33.9. The molecule has 0 saturated carbocycles. The van der Waals surface area contributed by atoms with Crippen LogP contribution in [0.5, 0.6) is 0 Å². The van der Waals surface area contributed by atoms with Crippen molar-refractivity contribution < 1.29 is 4.42 Å². The van der Waals surface area contributed by atoms with Crippen LogP contribution in [0.4, 0.5) is 17.1 Å². The average Bonchev–Trinajstić information content (AvgIpc) is 3.78. The quantitative estimate of drug-likeness (QED) is 0.166. The van der Waals surface area contributed by atoms with E-state index in [1.54, 1.807) is 0 Å². The molecule has 0 spiro atoms. The lowest BCUT2D eigenvalue weighted by Crippen LogP contribution is -2.16. The topological polar surface area (TPSA) is 16.4 Å². The fourth-order valence-corrected chi connectivity index (χ4v) is 10.7. The van der Waals surface area contributed by atoms with E-state index in [4.69, 9.17) is 4.42 Å². The van der Waals surface area contributed by atoms with Crippen LogP contribution in [-0.4, -0.2) is 0 Å². The van der Waals surface area contributed by atoms with Gasteiger partial charge in [-0.05, 0) is 125 Å². The highest BCUT2D eigenvalue weighted by molar-refractivity contribution is 6.24. The van der Waals surface area contributed by atoms with Crippen LogP contribution < -0.4 is 4.90 Å². The molecule has 0 fully saturated rings. The van der Waals surface area contributed by atoms with Gasteiger partial charge in [0.25, 0.3) is 0 Å². The summed E-state index contributed by atoms with van der Waals surface area (Å²) >= 11 is 0. The van der Waals surface area contributed by atoms with Crippen LogP contribution in [0.3, 0.4) is 0 Å². The minimum absolute atomic E-state index is 0.145. The van der Waals surface area contributed by atoms with E-state index in [0.29, 0.717) is 0 Å². The number of hydrogen-bond donors (Lipinski definition) is 0. The smallest absolute Gasteiger partial charge is 0.143 e. The molecule has 1 aromatic heterocycles. The molecule has 0 radical (unpaired) electrons. The van der Waals surface area contributed by atoms with Crippen LogP contribution in [-0.2, 0) is 5.41 Å². The van der Waals surface area contributed by atoms with E-state index in [9.17, 15) is 0 Å². The molecule has 0 bridgehead atoms. The molecule has 0 aliphatic heterocycles. The standard InChI is InChI=1S/C59H39NO/c1-59(2)53-26-14-13-24-47(53)48-29-27-40(35-54(48)59)60(55-33-38-17-4-7-19-42(38)45-22-11-12-25-49(45)55)39-28-30-56-50(34-39)52-32-37-16-5-8-20-43(37)57(58(52)61-56)51-31-36-15-3-6-18-41(36)44-21-9-10-23-46(44)51/h3-35H,1-2H3. The Labute approximate surface area is 353 Å². The number of fused-ring (bicyclic) bond motifs is 13. The first-order valence-corrected chi connectivity index (χ1v) is 21.3. The first-order valence-electron chi connectivity index (χ1n) is 21.3. The maximum atomic E-state index is 7.09. The van der Waals surface area contributed by atoms with Crippen molar-refractivity contribution in [3.8, 4) is 22.3 Å². The fourth-order valence-electron chi connectivity index (χ4n) is 10.7. The van der Waals surface area contributed by atoms with Gasteiger partial charge in [0, 0.05) is 38.5 Å². The minimum atomic E-state index is -0.145. The van der Waals surface area contributed by atoms with Gasteiger partial charge in [0.2, 0.25) is 0 Å². The Morgan fingerprint density at radius 2 is 0.902 bits per heavy atom. The van der Waals surface area contributed by atoms with Gasteiger partial charge < -0.3 is 9.32 Å². The third-order valence-electron chi connectivity index (χ3n) is 13.6. The van der Waals surface area contributed by atoms with Gasteiger partial charge >= 0.3 is 0 Å². The Kier molecular flexibility index (Phi) is 7.10. The van der Waals surface area contributed by atoms with Gasteiger partial charge in [0.05, 0.1) is 5.69 Å². The summed E-state index contributed by atoms with van der Waals surface area (Å²) in [6.45, 7) is 4.73. The van der Waals surface area contributed by atoms with Gasteiger partial charge in [-0.2, -0.15) is 0 Å². The summed E-state index contributed by atoms with van der Waals surface area (Å²) in [7, 11) is 0. The second-order valence-electron chi connectivity index (χ2n) is 17.2. The van der Waals surface area contributed by atoms with E-state index in [-0.39, 0.29) is 5.41 Å². The summed E-state index contributed by atoms with van der Waals surface area (Å²) in [5.41, 5.74) is 12.6. The summed E-state index contributed by atoms with van der Waals surface area (Å²) in [6.07, 6.45) is 0. The third-order valence-corrected chi connectivity index (χ3v) is 13.6. The number of rotatable bonds is 4. The van der Waals surface area contributed by atoms with Crippen LogP contribution in [0.2, 0.25) is 0 Å². The van der Waals surface area contributed by atoms with Crippen LogP contribution in [0.1, 0.15) is 25.0 Å². The van der Waals surface area contributed by atoms with Gasteiger partial charge in [-0.1, -0.05) is 166 Å². The highest BCUT2D eigenvalue weighted by Gasteiger charge is 2.36. The number of benzene rings is 11. The van der Waals surface area contributed by atoms with Gasteiger partial charge in [-0.25, -0.2) is 0 Å². The molecule has 11 aromatic carbocycles.